The van der Waals surface area contributed by atoms with Crippen molar-refractivity contribution in [3.8, 4) is 0 Å². The van der Waals surface area contributed by atoms with E-state index in [1.807, 2.05) is 13.8 Å². The molecule has 0 aliphatic rings. The van der Waals surface area contributed by atoms with E-state index < -0.39 is 48.2 Å². The molecule has 0 radical (unpaired) electrons. The Bertz CT molecular complexity index is 479. The van der Waals surface area contributed by atoms with Crippen molar-refractivity contribution in [2.75, 3.05) is 13.2 Å². The van der Waals surface area contributed by atoms with E-state index in [0.717, 1.165) is 0 Å². The number of nitrogens with two attached hydrogens (primary N) is 1. The summed E-state index contributed by atoms with van der Waals surface area (Å²) in [5, 5.41) is 12.1. The van der Waals surface area contributed by atoms with Crippen molar-refractivity contribution in [2.24, 2.45) is 17.6 Å². The number of amides is 2. The Morgan fingerprint density at radius 1 is 1.08 bits per heavy atom. The van der Waals surface area contributed by atoms with E-state index in [2.05, 4.69) is 5.32 Å². The van der Waals surface area contributed by atoms with Crippen LogP contribution >= 0.6 is 0 Å². The fraction of sp³-hybridized carbons (Fsp3) is 0.750. The van der Waals surface area contributed by atoms with Crippen LogP contribution in [-0.2, 0) is 28.7 Å². The monoisotopic (exact) mass is 360 g/mol. The lowest BCUT2D eigenvalue weighted by atomic mass is 9.94. The fourth-order valence-electron chi connectivity index (χ4n) is 2.16. The second kappa shape index (κ2) is 11.4. The molecule has 4 N–H and O–H groups in total. The van der Waals surface area contributed by atoms with Gasteiger partial charge in [-0.15, -0.1) is 0 Å². The van der Waals surface area contributed by atoms with Gasteiger partial charge in [0.15, 0.2) is 0 Å². The van der Waals surface area contributed by atoms with Gasteiger partial charge in [0.25, 0.3) is 0 Å². The van der Waals surface area contributed by atoms with Crippen LogP contribution in [0.25, 0.3) is 0 Å². The van der Waals surface area contributed by atoms with E-state index in [0.29, 0.717) is 0 Å². The topological polar surface area (TPSA) is 145 Å². The number of ether oxygens (including phenoxy) is 2. The largest absolute Gasteiger partial charge is 0.466 e. The molecule has 3 atom stereocenters. The standard InChI is InChI=1S/C16H28N2O7/c1-5-24-12(20)8-10(16(23)25-6-2)13(14(17)21)18-15(22)11(19)7-9(3)4/h9-11,13,19H,5-8H2,1-4H3,(H2,17,21)(H,18,22)/t10-,11+,13+/m0/s1. The molecule has 0 aromatic heterocycles. The Kier molecular flexibility index (Phi) is 10.4. The summed E-state index contributed by atoms with van der Waals surface area (Å²) in [4.78, 5) is 47.6. The predicted molar refractivity (Wildman–Crippen MR) is 88.0 cm³/mol. The zero-order valence-electron chi connectivity index (χ0n) is 15.1. The maximum absolute atomic E-state index is 12.1. The van der Waals surface area contributed by atoms with E-state index >= 15 is 0 Å². The molecule has 25 heavy (non-hydrogen) atoms. The first kappa shape index (κ1) is 22.8. The molecule has 0 aromatic rings. The first-order valence-electron chi connectivity index (χ1n) is 8.23. The lowest BCUT2D eigenvalue weighted by Gasteiger charge is -2.25. The summed E-state index contributed by atoms with van der Waals surface area (Å²) in [5.41, 5.74) is 5.28. The predicted octanol–water partition coefficient (Wildman–Crippen LogP) is -0.504. The Hall–Kier alpha value is -2.16. The highest BCUT2D eigenvalue weighted by Gasteiger charge is 2.38. The van der Waals surface area contributed by atoms with Crippen LogP contribution in [0.1, 0.15) is 40.5 Å². The van der Waals surface area contributed by atoms with Crippen LogP contribution in [0, 0.1) is 11.8 Å². The molecule has 0 aliphatic carbocycles. The lowest BCUT2D eigenvalue weighted by Crippen LogP contribution is -2.54. The van der Waals surface area contributed by atoms with Crippen LogP contribution in [0.2, 0.25) is 0 Å². The van der Waals surface area contributed by atoms with Gasteiger partial charge in [-0.05, 0) is 26.2 Å². The minimum Gasteiger partial charge on any atom is -0.466 e. The molecule has 0 saturated heterocycles. The molecule has 9 heteroatoms. The number of esters is 2. The minimum atomic E-state index is -1.50. The number of rotatable bonds is 11. The molecular formula is C16H28N2O7. The molecule has 9 nitrogen and oxygen atoms in total. The molecule has 0 fully saturated rings. The van der Waals surface area contributed by atoms with E-state index in [4.69, 9.17) is 15.2 Å². The van der Waals surface area contributed by atoms with Crippen molar-refractivity contribution >= 4 is 23.8 Å². The number of carbonyl (C=O) groups is 4. The van der Waals surface area contributed by atoms with Gasteiger partial charge in [-0.1, -0.05) is 13.8 Å². The number of primary amides is 1. The second-order valence-electron chi connectivity index (χ2n) is 5.90. The van der Waals surface area contributed by atoms with Crippen LogP contribution in [0.15, 0.2) is 0 Å². The third kappa shape index (κ3) is 8.48. The molecule has 0 spiro atoms. The summed E-state index contributed by atoms with van der Waals surface area (Å²) in [7, 11) is 0. The van der Waals surface area contributed by atoms with Crippen molar-refractivity contribution in [2.45, 2.75) is 52.7 Å². The van der Waals surface area contributed by atoms with Crippen LogP contribution in [0.5, 0.6) is 0 Å². The van der Waals surface area contributed by atoms with Crippen molar-refractivity contribution < 1.29 is 33.8 Å². The Morgan fingerprint density at radius 3 is 2.08 bits per heavy atom. The maximum atomic E-state index is 12.1. The molecule has 0 saturated carbocycles. The normalized spacial score (nSPS) is 14.3. The Labute approximate surface area is 147 Å². The van der Waals surface area contributed by atoms with Crippen LogP contribution < -0.4 is 11.1 Å². The molecule has 0 aliphatic heterocycles. The summed E-state index contributed by atoms with van der Waals surface area (Å²) in [5.74, 6) is -4.77. The van der Waals surface area contributed by atoms with Gasteiger partial charge in [0, 0.05) is 0 Å². The summed E-state index contributed by atoms with van der Waals surface area (Å²) in [6.45, 7) is 6.88. The Morgan fingerprint density at radius 2 is 1.64 bits per heavy atom. The number of aliphatic hydroxyl groups is 1. The highest BCUT2D eigenvalue weighted by molar-refractivity contribution is 5.93. The van der Waals surface area contributed by atoms with Gasteiger partial charge >= 0.3 is 11.9 Å². The van der Waals surface area contributed by atoms with Gasteiger partial charge < -0.3 is 25.6 Å². The lowest BCUT2D eigenvalue weighted by molar-refractivity contribution is -0.157. The molecular weight excluding hydrogens is 332 g/mol. The first-order valence-corrected chi connectivity index (χ1v) is 8.23. The molecule has 2 amide bonds. The second-order valence-corrected chi connectivity index (χ2v) is 5.90. The summed E-state index contributed by atoms with van der Waals surface area (Å²) in [6.07, 6.45) is -1.69. The van der Waals surface area contributed by atoms with Crippen molar-refractivity contribution in [1.82, 2.24) is 5.32 Å². The zero-order valence-corrected chi connectivity index (χ0v) is 15.1. The quantitative estimate of drug-likeness (QED) is 0.421. The van der Waals surface area contributed by atoms with E-state index in [1.54, 1.807) is 13.8 Å². The number of hydrogen-bond acceptors (Lipinski definition) is 7. The van der Waals surface area contributed by atoms with Crippen molar-refractivity contribution in [3.05, 3.63) is 0 Å². The van der Waals surface area contributed by atoms with Gasteiger partial charge in [0.05, 0.1) is 25.6 Å². The number of carbonyl (C=O) groups excluding carboxylic acids is 4. The maximum Gasteiger partial charge on any atom is 0.312 e. The smallest absolute Gasteiger partial charge is 0.312 e. The average Bonchev–Trinajstić information content (AvgIpc) is 2.49. The number of hydrogen-bond donors (Lipinski definition) is 3. The molecule has 0 aromatic carbocycles. The summed E-state index contributed by atoms with van der Waals surface area (Å²) in [6, 6.07) is -1.50. The van der Waals surface area contributed by atoms with E-state index in [1.165, 1.54) is 0 Å². The summed E-state index contributed by atoms with van der Waals surface area (Å²) >= 11 is 0. The third-order valence-electron chi connectivity index (χ3n) is 3.29. The van der Waals surface area contributed by atoms with Gasteiger partial charge in [0.2, 0.25) is 11.8 Å². The highest BCUT2D eigenvalue weighted by atomic mass is 16.5. The number of nitrogens with one attached hydrogen (secondary N) is 1. The van der Waals surface area contributed by atoms with Crippen molar-refractivity contribution in [1.29, 1.82) is 0 Å². The van der Waals surface area contributed by atoms with E-state index in [-0.39, 0.29) is 25.6 Å². The van der Waals surface area contributed by atoms with Crippen LogP contribution in [0.4, 0.5) is 0 Å². The summed E-state index contributed by atoms with van der Waals surface area (Å²) < 4.78 is 9.63. The average molecular weight is 360 g/mol. The molecule has 144 valence electrons. The highest BCUT2D eigenvalue weighted by Crippen LogP contribution is 2.14. The van der Waals surface area contributed by atoms with E-state index in [9.17, 15) is 24.3 Å². The van der Waals surface area contributed by atoms with Crippen LogP contribution in [0.3, 0.4) is 0 Å². The minimum absolute atomic E-state index is 0.0214. The zero-order chi connectivity index (χ0) is 19.6. The van der Waals surface area contributed by atoms with Gasteiger partial charge in [0.1, 0.15) is 12.1 Å². The van der Waals surface area contributed by atoms with Gasteiger partial charge in [-0.25, -0.2) is 0 Å². The first-order chi connectivity index (χ1) is 11.6. The number of aliphatic hydroxyl groups excluding tert-OH is 1. The third-order valence-corrected chi connectivity index (χ3v) is 3.29. The Balaban J connectivity index is 5.32. The van der Waals surface area contributed by atoms with Gasteiger partial charge in [-0.3, -0.25) is 19.2 Å². The molecule has 0 unspecified atom stereocenters. The van der Waals surface area contributed by atoms with Gasteiger partial charge in [-0.2, -0.15) is 0 Å². The van der Waals surface area contributed by atoms with Crippen molar-refractivity contribution in [3.63, 3.8) is 0 Å². The SMILES string of the molecule is CCOC(=O)C[C@H](C(=O)OCC)[C@@H](NC(=O)[C@H](O)CC(C)C)C(N)=O. The molecule has 0 rings (SSSR count). The fourth-order valence-corrected chi connectivity index (χ4v) is 2.16. The molecule has 0 heterocycles. The molecule has 0 bridgehead atoms. The van der Waals surface area contributed by atoms with Crippen LogP contribution in [-0.4, -0.2) is 54.2 Å².